The van der Waals surface area contributed by atoms with Crippen molar-refractivity contribution < 1.29 is 4.79 Å². The zero-order valence-corrected chi connectivity index (χ0v) is 14.7. The molecule has 6 heteroatoms. The van der Waals surface area contributed by atoms with Crippen molar-refractivity contribution in [1.29, 1.82) is 0 Å². The highest BCUT2D eigenvalue weighted by Gasteiger charge is 2.20. The lowest BCUT2D eigenvalue weighted by molar-refractivity contribution is 0.0664. The highest BCUT2D eigenvalue weighted by atomic mass is 16.2. The summed E-state index contributed by atoms with van der Waals surface area (Å²) in [6, 6.07) is 13.6. The molecule has 1 amide bonds. The van der Waals surface area contributed by atoms with Crippen LogP contribution in [0.4, 0.5) is 0 Å². The van der Waals surface area contributed by atoms with Crippen LogP contribution < -0.4 is 0 Å². The average molecular weight is 347 g/mol. The van der Waals surface area contributed by atoms with Gasteiger partial charge in [0.15, 0.2) is 0 Å². The quantitative estimate of drug-likeness (QED) is 0.730. The summed E-state index contributed by atoms with van der Waals surface area (Å²) in [6.45, 7) is 3.37. The van der Waals surface area contributed by atoms with Crippen molar-refractivity contribution in [2.24, 2.45) is 0 Å². The molecule has 3 aromatic rings. The Labute approximate surface area is 152 Å². The number of piperazine rings is 1. The van der Waals surface area contributed by atoms with Gasteiger partial charge < -0.3 is 9.80 Å². The van der Waals surface area contributed by atoms with E-state index >= 15 is 0 Å². The van der Waals surface area contributed by atoms with Crippen molar-refractivity contribution in [1.82, 2.24) is 24.6 Å². The predicted molar refractivity (Wildman–Crippen MR) is 100 cm³/mol. The third kappa shape index (κ3) is 3.36. The molecule has 0 radical (unpaired) electrons. The molecule has 3 heterocycles. The second-order valence-electron chi connectivity index (χ2n) is 6.52. The predicted octanol–water partition coefficient (Wildman–Crippen LogP) is 2.32. The van der Waals surface area contributed by atoms with Gasteiger partial charge in [-0.05, 0) is 37.4 Å². The third-order valence-corrected chi connectivity index (χ3v) is 4.73. The number of carbonyl (C=O) groups is 1. The Morgan fingerprint density at radius 1 is 1.00 bits per heavy atom. The summed E-state index contributed by atoms with van der Waals surface area (Å²) in [6.07, 6.45) is 5.37. The lowest BCUT2D eigenvalue weighted by Crippen LogP contribution is -2.47. The standard InChI is InChI=1S/C20H21N5O/c1-23-11-13-24(14-12-23)20(26)17-7-9-21-19(15-17)16-3-5-18(6-4-16)25-10-2-8-22-25/h2-10,15H,11-14H2,1H3. The summed E-state index contributed by atoms with van der Waals surface area (Å²) in [4.78, 5) is 21.4. The second-order valence-corrected chi connectivity index (χ2v) is 6.52. The largest absolute Gasteiger partial charge is 0.336 e. The molecular weight excluding hydrogens is 326 g/mol. The number of amides is 1. The Morgan fingerprint density at radius 2 is 1.77 bits per heavy atom. The molecule has 1 saturated heterocycles. The molecule has 0 saturated carbocycles. The van der Waals surface area contributed by atoms with Crippen molar-refractivity contribution in [3.63, 3.8) is 0 Å². The molecule has 26 heavy (non-hydrogen) atoms. The fourth-order valence-corrected chi connectivity index (χ4v) is 3.12. The molecule has 132 valence electrons. The third-order valence-electron chi connectivity index (χ3n) is 4.73. The van der Waals surface area contributed by atoms with Crippen LogP contribution in [0.1, 0.15) is 10.4 Å². The molecule has 2 aromatic heterocycles. The van der Waals surface area contributed by atoms with E-state index in [2.05, 4.69) is 22.0 Å². The first-order valence-corrected chi connectivity index (χ1v) is 8.75. The first kappa shape index (κ1) is 16.5. The van der Waals surface area contributed by atoms with E-state index in [1.54, 1.807) is 18.5 Å². The number of nitrogens with zero attached hydrogens (tertiary/aromatic N) is 5. The Hall–Kier alpha value is -2.99. The highest BCUT2D eigenvalue weighted by molar-refractivity contribution is 5.95. The van der Waals surface area contributed by atoms with Gasteiger partial charge in [0.2, 0.25) is 0 Å². The summed E-state index contributed by atoms with van der Waals surface area (Å²) < 4.78 is 1.81. The van der Waals surface area contributed by atoms with E-state index < -0.39 is 0 Å². The summed E-state index contributed by atoms with van der Waals surface area (Å²) in [5.74, 6) is 0.0786. The fraction of sp³-hybridized carbons (Fsp3) is 0.250. The second kappa shape index (κ2) is 7.09. The van der Waals surface area contributed by atoms with Crippen LogP contribution in [0, 0.1) is 0 Å². The fourth-order valence-electron chi connectivity index (χ4n) is 3.12. The number of carbonyl (C=O) groups excluding carboxylic acids is 1. The van der Waals surface area contributed by atoms with Crippen molar-refractivity contribution >= 4 is 5.91 Å². The van der Waals surface area contributed by atoms with E-state index in [0.29, 0.717) is 5.56 Å². The topological polar surface area (TPSA) is 54.3 Å². The maximum Gasteiger partial charge on any atom is 0.254 e. The maximum atomic E-state index is 12.8. The molecular formula is C20H21N5O. The average Bonchev–Trinajstić information content (AvgIpc) is 3.23. The van der Waals surface area contributed by atoms with Gasteiger partial charge >= 0.3 is 0 Å². The van der Waals surface area contributed by atoms with Gasteiger partial charge in [0, 0.05) is 55.9 Å². The number of pyridine rings is 1. The van der Waals surface area contributed by atoms with Gasteiger partial charge in [-0.2, -0.15) is 5.10 Å². The number of aromatic nitrogens is 3. The lowest BCUT2D eigenvalue weighted by atomic mass is 10.1. The van der Waals surface area contributed by atoms with E-state index in [-0.39, 0.29) is 5.91 Å². The number of hydrogen-bond donors (Lipinski definition) is 0. The van der Waals surface area contributed by atoms with Crippen molar-refractivity contribution in [3.8, 4) is 16.9 Å². The van der Waals surface area contributed by atoms with Crippen LogP contribution in [0.2, 0.25) is 0 Å². The van der Waals surface area contributed by atoms with Gasteiger partial charge in [-0.1, -0.05) is 12.1 Å². The zero-order valence-electron chi connectivity index (χ0n) is 14.7. The highest BCUT2D eigenvalue weighted by Crippen LogP contribution is 2.20. The first-order valence-electron chi connectivity index (χ1n) is 8.75. The van der Waals surface area contributed by atoms with Crippen LogP contribution in [-0.2, 0) is 0 Å². The van der Waals surface area contributed by atoms with Crippen LogP contribution in [0.3, 0.4) is 0 Å². The van der Waals surface area contributed by atoms with E-state index in [1.807, 2.05) is 52.2 Å². The van der Waals surface area contributed by atoms with E-state index in [1.165, 1.54) is 0 Å². The van der Waals surface area contributed by atoms with Gasteiger partial charge in [0.25, 0.3) is 5.91 Å². The maximum absolute atomic E-state index is 12.8. The molecule has 4 rings (SSSR count). The van der Waals surface area contributed by atoms with Gasteiger partial charge in [-0.15, -0.1) is 0 Å². The lowest BCUT2D eigenvalue weighted by Gasteiger charge is -2.32. The summed E-state index contributed by atoms with van der Waals surface area (Å²) >= 11 is 0. The van der Waals surface area contributed by atoms with Gasteiger partial charge in [0.1, 0.15) is 0 Å². The normalized spacial score (nSPS) is 15.2. The summed E-state index contributed by atoms with van der Waals surface area (Å²) in [5.41, 5.74) is 3.46. The van der Waals surface area contributed by atoms with Gasteiger partial charge in [-0.3, -0.25) is 9.78 Å². The van der Waals surface area contributed by atoms with Crippen LogP contribution in [0.5, 0.6) is 0 Å². The van der Waals surface area contributed by atoms with Crippen LogP contribution in [0.25, 0.3) is 16.9 Å². The van der Waals surface area contributed by atoms with Crippen molar-refractivity contribution in [2.45, 2.75) is 0 Å². The number of rotatable bonds is 3. The van der Waals surface area contributed by atoms with Gasteiger partial charge in [0.05, 0.1) is 11.4 Å². The molecule has 6 nitrogen and oxygen atoms in total. The smallest absolute Gasteiger partial charge is 0.254 e. The molecule has 0 aliphatic carbocycles. The molecule has 1 fully saturated rings. The Morgan fingerprint density at radius 3 is 2.46 bits per heavy atom. The van der Waals surface area contributed by atoms with E-state index in [0.717, 1.165) is 43.1 Å². The molecule has 0 atom stereocenters. The minimum atomic E-state index is 0.0786. The molecule has 0 N–H and O–H groups in total. The zero-order chi connectivity index (χ0) is 17.9. The number of benzene rings is 1. The first-order chi connectivity index (χ1) is 12.7. The van der Waals surface area contributed by atoms with Crippen LogP contribution >= 0.6 is 0 Å². The Kier molecular flexibility index (Phi) is 4.50. The molecule has 1 aliphatic rings. The van der Waals surface area contributed by atoms with Gasteiger partial charge in [-0.25, -0.2) is 4.68 Å². The Balaban J connectivity index is 1.55. The van der Waals surface area contributed by atoms with Crippen molar-refractivity contribution in [3.05, 3.63) is 66.6 Å². The molecule has 0 spiro atoms. The van der Waals surface area contributed by atoms with Crippen molar-refractivity contribution in [2.75, 3.05) is 33.2 Å². The minimum Gasteiger partial charge on any atom is -0.336 e. The molecule has 0 unspecified atom stereocenters. The van der Waals surface area contributed by atoms with Crippen LogP contribution in [0.15, 0.2) is 61.1 Å². The number of likely N-dealkylation sites (N-methyl/N-ethyl adjacent to an activating group) is 1. The summed E-state index contributed by atoms with van der Waals surface area (Å²) in [5, 5.41) is 4.23. The molecule has 1 aromatic carbocycles. The number of hydrogen-bond acceptors (Lipinski definition) is 4. The van der Waals surface area contributed by atoms with E-state index in [9.17, 15) is 4.79 Å². The SMILES string of the molecule is CN1CCN(C(=O)c2ccnc(-c3ccc(-n4cccn4)cc3)c2)CC1. The minimum absolute atomic E-state index is 0.0786. The van der Waals surface area contributed by atoms with Crippen LogP contribution in [-0.4, -0.2) is 63.7 Å². The van der Waals surface area contributed by atoms with E-state index in [4.69, 9.17) is 0 Å². The molecule has 1 aliphatic heterocycles. The summed E-state index contributed by atoms with van der Waals surface area (Å²) in [7, 11) is 2.08. The monoisotopic (exact) mass is 347 g/mol. The Bertz CT molecular complexity index is 881. The molecule has 0 bridgehead atoms.